The molecule has 0 aromatic carbocycles. The summed E-state index contributed by atoms with van der Waals surface area (Å²) in [5.41, 5.74) is 0. The molecule has 4 heteroatoms. The highest BCUT2D eigenvalue weighted by Gasteiger charge is 2.31. The van der Waals surface area contributed by atoms with Crippen LogP contribution in [-0.2, 0) is 9.47 Å². The highest BCUT2D eigenvalue weighted by atomic mass is 16.5. The lowest BCUT2D eigenvalue weighted by atomic mass is 9.84. The molecule has 0 saturated heterocycles. The Morgan fingerprint density at radius 1 is 1.38 bits per heavy atom. The minimum atomic E-state index is -0.182. The van der Waals surface area contributed by atoms with Gasteiger partial charge >= 0.3 is 0 Å². The Bertz CT molecular complexity index is 163. The zero-order valence-electron chi connectivity index (χ0n) is 8.23. The molecule has 1 fully saturated rings. The summed E-state index contributed by atoms with van der Waals surface area (Å²) in [6.45, 7) is 0.725. The minimum Gasteiger partial charge on any atom is -0.384 e. The zero-order chi connectivity index (χ0) is 9.68. The van der Waals surface area contributed by atoms with E-state index in [1.807, 2.05) is 0 Å². The van der Waals surface area contributed by atoms with Gasteiger partial charge in [-0.1, -0.05) is 5.18 Å². The molecule has 0 aliphatic heterocycles. The third-order valence-electron chi connectivity index (χ3n) is 2.70. The Labute approximate surface area is 78.6 Å². The third-order valence-corrected chi connectivity index (χ3v) is 2.70. The van der Waals surface area contributed by atoms with Gasteiger partial charge in [-0.05, 0) is 25.2 Å². The highest BCUT2D eigenvalue weighted by molar-refractivity contribution is 4.85. The third kappa shape index (κ3) is 2.74. The summed E-state index contributed by atoms with van der Waals surface area (Å²) in [5, 5.41) is 3.10. The van der Waals surface area contributed by atoms with Crippen molar-refractivity contribution in [3.8, 4) is 0 Å². The maximum Gasteiger partial charge on any atom is 0.118 e. The molecule has 0 aromatic heterocycles. The second kappa shape index (κ2) is 5.29. The summed E-state index contributed by atoms with van der Waals surface area (Å²) < 4.78 is 10.2. The van der Waals surface area contributed by atoms with Crippen molar-refractivity contribution in [3.05, 3.63) is 4.91 Å². The van der Waals surface area contributed by atoms with E-state index in [1.165, 1.54) is 0 Å². The van der Waals surface area contributed by atoms with Crippen LogP contribution in [0.4, 0.5) is 0 Å². The maximum atomic E-state index is 10.5. The Balaban J connectivity index is 2.42. The largest absolute Gasteiger partial charge is 0.384 e. The summed E-state index contributed by atoms with van der Waals surface area (Å²) >= 11 is 0. The first-order valence-corrected chi connectivity index (χ1v) is 4.66. The smallest absolute Gasteiger partial charge is 0.118 e. The average Bonchev–Trinajstić information content (AvgIpc) is 2.18. The lowest BCUT2D eigenvalue weighted by Crippen LogP contribution is -2.35. The van der Waals surface area contributed by atoms with E-state index in [4.69, 9.17) is 9.47 Å². The van der Waals surface area contributed by atoms with Gasteiger partial charge in [-0.15, -0.1) is 0 Å². The van der Waals surface area contributed by atoms with Crippen molar-refractivity contribution in [1.82, 2.24) is 0 Å². The molecule has 0 N–H and O–H groups in total. The first-order valence-electron chi connectivity index (χ1n) is 4.66. The fourth-order valence-corrected chi connectivity index (χ4v) is 1.98. The summed E-state index contributed by atoms with van der Waals surface area (Å²) in [6.07, 6.45) is 2.81. The molecule has 0 bridgehead atoms. The van der Waals surface area contributed by atoms with Crippen molar-refractivity contribution in [2.75, 3.05) is 20.8 Å². The van der Waals surface area contributed by atoms with Crippen LogP contribution in [0.3, 0.4) is 0 Å². The van der Waals surface area contributed by atoms with E-state index in [1.54, 1.807) is 14.2 Å². The van der Waals surface area contributed by atoms with E-state index in [-0.39, 0.29) is 12.1 Å². The van der Waals surface area contributed by atoms with Crippen LogP contribution < -0.4 is 0 Å². The van der Waals surface area contributed by atoms with Gasteiger partial charge < -0.3 is 9.47 Å². The number of methoxy groups -OCH3 is 2. The van der Waals surface area contributed by atoms with Gasteiger partial charge in [-0.2, -0.15) is 4.91 Å². The van der Waals surface area contributed by atoms with Crippen molar-refractivity contribution >= 4 is 0 Å². The number of ether oxygens (including phenoxy) is 2. The van der Waals surface area contributed by atoms with Gasteiger partial charge in [0.05, 0.1) is 6.10 Å². The summed E-state index contributed by atoms with van der Waals surface area (Å²) in [6, 6.07) is -0.182. The maximum absolute atomic E-state index is 10.5. The Hall–Kier alpha value is -0.480. The molecule has 0 heterocycles. The molecule has 76 valence electrons. The van der Waals surface area contributed by atoms with Crippen molar-refractivity contribution in [1.29, 1.82) is 0 Å². The van der Waals surface area contributed by atoms with Gasteiger partial charge in [0, 0.05) is 20.8 Å². The number of nitrogens with zero attached hydrogens (tertiary/aromatic N) is 1. The van der Waals surface area contributed by atoms with Crippen molar-refractivity contribution in [2.24, 2.45) is 11.1 Å². The fraction of sp³-hybridized carbons (Fsp3) is 1.00. The molecule has 0 aromatic rings. The Morgan fingerprint density at radius 2 is 2.15 bits per heavy atom. The monoisotopic (exact) mass is 187 g/mol. The molecular weight excluding hydrogens is 170 g/mol. The first kappa shape index (κ1) is 10.6. The van der Waals surface area contributed by atoms with E-state index in [9.17, 15) is 4.91 Å². The van der Waals surface area contributed by atoms with Gasteiger partial charge in [-0.25, -0.2) is 0 Å². The van der Waals surface area contributed by atoms with E-state index < -0.39 is 0 Å². The van der Waals surface area contributed by atoms with Crippen LogP contribution in [0.1, 0.15) is 19.3 Å². The molecule has 1 rings (SSSR count). The molecule has 3 unspecified atom stereocenters. The van der Waals surface area contributed by atoms with Gasteiger partial charge in [0.15, 0.2) is 0 Å². The lowest BCUT2D eigenvalue weighted by Gasteiger charge is -2.30. The molecule has 3 atom stereocenters. The second-order valence-electron chi connectivity index (χ2n) is 3.58. The standard InChI is InChI=1S/C9H17NO3/c1-12-6-7-3-4-9(13-2)8(5-7)10-11/h7-9H,3-6H2,1-2H3. The van der Waals surface area contributed by atoms with Crippen LogP contribution in [0.15, 0.2) is 5.18 Å². The Morgan fingerprint density at radius 3 is 2.69 bits per heavy atom. The van der Waals surface area contributed by atoms with E-state index in [0.29, 0.717) is 5.92 Å². The van der Waals surface area contributed by atoms with E-state index >= 15 is 0 Å². The summed E-state index contributed by atoms with van der Waals surface area (Å²) in [7, 11) is 3.32. The molecule has 0 radical (unpaired) electrons. The molecule has 1 aliphatic carbocycles. The van der Waals surface area contributed by atoms with E-state index in [0.717, 1.165) is 25.9 Å². The molecule has 1 aliphatic rings. The quantitative estimate of drug-likeness (QED) is 0.628. The average molecular weight is 187 g/mol. The first-order chi connectivity index (χ1) is 6.31. The van der Waals surface area contributed by atoms with Crippen LogP contribution in [0, 0.1) is 10.8 Å². The van der Waals surface area contributed by atoms with Crippen LogP contribution >= 0.6 is 0 Å². The summed E-state index contributed by atoms with van der Waals surface area (Å²) in [4.78, 5) is 10.5. The molecular formula is C9H17NO3. The van der Waals surface area contributed by atoms with Crippen LogP contribution in [0.5, 0.6) is 0 Å². The molecule has 4 nitrogen and oxygen atoms in total. The topological polar surface area (TPSA) is 47.9 Å². The minimum absolute atomic E-state index is 0.0191. The van der Waals surface area contributed by atoms with Crippen molar-refractivity contribution in [3.63, 3.8) is 0 Å². The van der Waals surface area contributed by atoms with E-state index in [2.05, 4.69) is 5.18 Å². The molecule has 13 heavy (non-hydrogen) atoms. The van der Waals surface area contributed by atoms with Gasteiger partial charge in [0.1, 0.15) is 6.04 Å². The molecule has 0 spiro atoms. The second-order valence-corrected chi connectivity index (χ2v) is 3.58. The van der Waals surface area contributed by atoms with Crippen LogP contribution in [0.2, 0.25) is 0 Å². The number of hydrogen-bond donors (Lipinski definition) is 0. The Kier molecular flexibility index (Phi) is 4.32. The lowest BCUT2D eigenvalue weighted by molar-refractivity contribution is 0.0236. The number of nitroso groups, excluding NO2 is 1. The number of hydrogen-bond acceptors (Lipinski definition) is 4. The normalized spacial score (nSPS) is 34.5. The SMILES string of the molecule is COCC1CCC(OC)C(N=O)C1. The zero-order valence-corrected chi connectivity index (χ0v) is 8.23. The molecule has 0 amide bonds. The predicted octanol–water partition coefficient (Wildman–Crippen LogP) is 1.58. The van der Waals surface area contributed by atoms with Gasteiger partial charge in [0.25, 0.3) is 0 Å². The van der Waals surface area contributed by atoms with Crippen LogP contribution in [0.25, 0.3) is 0 Å². The number of rotatable bonds is 4. The van der Waals surface area contributed by atoms with Crippen molar-refractivity contribution < 1.29 is 9.47 Å². The van der Waals surface area contributed by atoms with Crippen LogP contribution in [-0.4, -0.2) is 33.0 Å². The summed E-state index contributed by atoms with van der Waals surface area (Å²) in [5.74, 6) is 0.471. The predicted molar refractivity (Wildman–Crippen MR) is 49.6 cm³/mol. The molecule has 1 saturated carbocycles. The highest BCUT2D eigenvalue weighted by Crippen LogP contribution is 2.28. The van der Waals surface area contributed by atoms with Gasteiger partial charge in [0.2, 0.25) is 0 Å². The van der Waals surface area contributed by atoms with Gasteiger partial charge in [-0.3, -0.25) is 0 Å². The van der Waals surface area contributed by atoms with Crippen molar-refractivity contribution in [2.45, 2.75) is 31.4 Å². The fourth-order valence-electron chi connectivity index (χ4n) is 1.98.